The molecule has 0 bridgehead atoms. The standard InChI is InChI=1S/C25H27NO4/c1-4-26(16-21-6-5-7-23-24(21)30-13-12-29-23)25(27)17(2)18-8-9-20-15-22(28-3)11-10-19(20)14-18/h5-11,14-15,17H,4,12-13,16H2,1-3H3/t17-/m0/s1. The van der Waals surface area contributed by atoms with Crippen molar-refractivity contribution in [3.63, 3.8) is 0 Å². The molecule has 5 nitrogen and oxygen atoms in total. The minimum absolute atomic E-state index is 0.0969. The molecule has 30 heavy (non-hydrogen) atoms. The van der Waals surface area contributed by atoms with Gasteiger partial charge in [0.15, 0.2) is 11.5 Å². The number of hydrogen-bond donors (Lipinski definition) is 0. The summed E-state index contributed by atoms with van der Waals surface area (Å²) in [5, 5.41) is 2.19. The van der Waals surface area contributed by atoms with Crippen LogP contribution >= 0.6 is 0 Å². The molecule has 0 aromatic heterocycles. The van der Waals surface area contributed by atoms with Gasteiger partial charge in [-0.3, -0.25) is 4.79 Å². The molecule has 0 N–H and O–H groups in total. The van der Waals surface area contributed by atoms with Gasteiger partial charge in [0.2, 0.25) is 5.91 Å². The predicted octanol–water partition coefficient (Wildman–Crippen LogP) is 4.77. The number of ether oxygens (including phenoxy) is 3. The molecule has 0 saturated carbocycles. The summed E-state index contributed by atoms with van der Waals surface area (Å²) in [6, 6.07) is 18.0. The van der Waals surface area contributed by atoms with Crippen LogP contribution in [0.1, 0.15) is 30.9 Å². The van der Waals surface area contributed by atoms with Gasteiger partial charge in [-0.15, -0.1) is 0 Å². The topological polar surface area (TPSA) is 48.0 Å². The quantitative estimate of drug-likeness (QED) is 0.593. The third-order valence-electron chi connectivity index (χ3n) is 5.64. The van der Waals surface area contributed by atoms with Crippen LogP contribution in [-0.2, 0) is 11.3 Å². The first-order chi connectivity index (χ1) is 14.6. The average molecular weight is 405 g/mol. The number of carbonyl (C=O) groups is 1. The molecular weight excluding hydrogens is 378 g/mol. The largest absolute Gasteiger partial charge is 0.497 e. The number of fused-ring (bicyclic) bond motifs is 2. The lowest BCUT2D eigenvalue weighted by molar-refractivity contribution is -0.132. The summed E-state index contributed by atoms with van der Waals surface area (Å²) in [7, 11) is 1.66. The van der Waals surface area contributed by atoms with E-state index in [2.05, 4.69) is 6.07 Å². The number of para-hydroxylation sites is 1. The summed E-state index contributed by atoms with van der Waals surface area (Å²) in [4.78, 5) is 15.2. The van der Waals surface area contributed by atoms with Crippen molar-refractivity contribution in [1.29, 1.82) is 0 Å². The van der Waals surface area contributed by atoms with E-state index in [4.69, 9.17) is 14.2 Å². The minimum atomic E-state index is -0.242. The summed E-state index contributed by atoms with van der Waals surface area (Å²) in [6.45, 7) is 6.18. The van der Waals surface area contributed by atoms with Crippen LogP contribution in [0, 0.1) is 0 Å². The van der Waals surface area contributed by atoms with E-state index in [1.165, 1.54) is 0 Å². The Morgan fingerprint density at radius 3 is 2.63 bits per heavy atom. The molecule has 1 amide bonds. The Morgan fingerprint density at radius 1 is 1.07 bits per heavy atom. The molecule has 4 rings (SSSR count). The van der Waals surface area contributed by atoms with Crippen LogP contribution in [0.2, 0.25) is 0 Å². The fraction of sp³-hybridized carbons (Fsp3) is 0.320. The van der Waals surface area contributed by atoms with Gasteiger partial charge in [0.05, 0.1) is 13.0 Å². The molecule has 1 aliphatic heterocycles. The van der Waals surface area contributed by atoms with E-state index < -0.39 is 0 Å². The number of carbonyl (C=O) groups excluding carboxylic acids is 1. The summed E-state index contributed by atoms with van der Waals surface area (Å²) in [6.07, 6.45) is 0. The fourth-order valence-corrected chi connectivity index (χ4v) is 3.86. The van der Waals surface area contributed by atoms with Crippen LogP contribution in [-0.4, -0.2) is 37.7 Å². The second-order valence-corrected chi connectivity index (χ2v) is 7.49. The first kappa shape index (κ1) is 20.1. The van der Waals surface area contributed by atoms with Crippen LogP contribution in [0.3, 0.4) is 0 Å². The Kier molecular flexibility index (Phi) is 5.79. The molecule has 0 radical (unpaired) electrons. The smallest absolute Gasteiger partial charge is 0.230 e. The monoisotopic (exact) mass is 405 g/mol. The second-order valence-electron chi connectivity index (χ2n) is 7.49. The molecule has 3 aromatic carbocycles. The predicted molar refractivity (Wildman–Crippen MR) is 117 cm³/mol. The summed E-state index contributed by atoms with van der Waals surface area (Å²) in [5.74, 6) is 2.18. The fourth-order valence-electron chi connectivity index (χ4n) is 3.86. The Labute approximate surface area is 177 Å². The minimum Gasteiger partial charge on any atom is -0.497 e. The molecule has 3 aromatic rings. The zero-order valence-electron chi connectivity index (χ0n) is 17.7. The van der Waals surface area contributed by atoms with Gasteiger partial charge >= 0.3 is 0 Å². The maximum Gasteiger partial charge on any atom is 0.230 e. The van der Waals surface area contributed by atoms with E-state index >= 15 is 0 Å². The van der Waals surface area contributed by atoms with Gasteiger partial charge in [0.25, 0.3) is 0 Å². The molecule has 1 heterocycles. The number of methoxy groups -OCH3 is 1. The van der Waals surface area contributed by atoms with Crippen molar-refractivity contribution < 1.29 is 19.0 Å². The third-order valence-corrected chi connectivity index (χ3v) is 5.64. The van der Waals surface area contributed by atoms with Crippen LogP contribution in [0.25, 0.3) is 10.8 Å². The van der Waals surface area contributed by atoms with E-state index in [1.807, 2.05) is 67.3 Å². The van der Waals surface area contributed by atoms with Crippen molar-refractivity contribution in [1.82, 2.24) is 4.90 Å². The van der Waals surface area contributed by atoms with Crippen molar-refractivity contribution in [2.45, 2.75) is 26.3 Å². The lowest BCUT2D eigenvalue weighted by Crippen LogP contribution is -2.34. The van der Waals surface area contributed by atoms with E-state index in [0.717, 1.165) is 39.1 Å². The van der Waals surface area contributed by atoms with Gasteiger partial charge < -0.3 is 19.1 Å². The van der Waals surface area contributed by atoms with E-state index in [9.17, 15) is 4.79 Å². The van der Waals surface area contributed by atoms with Crippen LogP contribution in [0.5, 0.6) is 17.2 Å². The van der Waals surface area contributed by atoms with E-state index in [0.29, 0.717) is 26.3 Å². The SMILES string of the molecule is CCN(Cc1cccc2c1OCCO2)C(=O)[C@@H](C)c1ccc2cc(OC)ccc2c1. The highest BCUT2D eigenvalue weighted by molar-refractivity contribution is 5.88. The number of benzene rings is 3. The Morgan fingerprint density at radius 2 is 1.83 bits per heavy atom. The Bertz CT molecular complexity index is 1060. The first-order valence-electron chi connectivity index (χ1n) is 10.3. The van der Waals surface area contributed by atoms with Crippen molar-refractivity contribution in [2.24, 2.45) is 0 Å². The van der Waals surface area contributed by atoms with Crippen molar-refractivity contribution >= 4 is 16.7 Å². The van der Waals surface area contributed by atoms with E-state index in [-0.39, 0.29) is 11.8 Å². The first-order valence-corrected chi connectivity index (χ1v) is 10.3. The Hall–Kier alpha value is -3.21. The van der Waals surface area contributed by atoms with Gasteiger partial charge in [-0.25, -0.2) is 0 Å². The summed E-state index contributed by atoms with van der Waals surface area (Å²) in [5.41, 5.74) is 1.98. The number of hydrogen-bond acceptors (Lipinski definition) is 4. The molecule has 1 atom stereocenters. The van der Waals surface area contributed by atoms with Gasteiger partial charge in [-0.1, -0.05) is 36.4 Å². The normalized spacial score (nSPS) is 13.7. The van der Waals surface area contributed by atoms with Crippen molar-refractivity contribution in [2.75, 3.05) is 26.9 Å². The molecule has 1 aliphatic rings. The van der Waals surface area contributed by atoms with Crippen LogP contribution < -0.4 is 14.2 Å². The highest BCUT2D eigenvalue weighted by Crippen LogP contribution is 2.35. The molecule has 0 spiro atoms. The van der Waals surface area contributed by atoms with Gasteiger partial charge in [0, 0.05) is 18.7 Å². The molecule has 5 heteroatoms. The molecule has 0 fully saturated rings. The highest BCUT2D eigenvalue weighted by Gasteiger charge is 2.24. The van der Waals surface area contributed by atoms with Crippen molar-refractivity contribution in [3.05, 3.63) is 65.7 Å². The number of amides is 1. The lowest BCUT2D eigenvalue weighted by Gasteiger charge is -2.27. The van der Waals surface area contributed by atoms with Crippen LogP contribution in [0.4, 0.5) is 0 Å². The summed E-state index contributed by atoms with van der Waals surface area (Å²) >= 11 is 0. The van der Waals surface area contributed by atoms with Gasteiger partial charge in [0.1, 0.15) is 19.0 Å². The zero-order chi connectivity index (χ0) is 21.1. The maximum atomic E-state index is 13.3. The molecule has 0 saturated heterocycles. The number of likely N-dealkylation sites (N-methyl/N-ethyl adjacent to an activating group) is 1. The lowest BCUT2D eigenvalue weighted by atomic mass is 9.96. The van der Waals surface area contributed by atoms with Crippen molar-refractivity contribution in [3.8, 4) is 17.2 Å². The van der Waals surface area contributed by atoms with Gasteiger partial charge in [-0.05, 0) is 48.4 Å². The second kappa shape index (κ2) is 8.66. The number of nitrogens with zero attached hydrogens (tertiary/aromatic N) is 1. The van der Waals surface area contributed by atoms with Crippen LogP contribution in [0.15, 0.2) is 54.6 Å². The summed E-state index contributed by atoms with van der Waals surface area (Å²) < 4.78 is 16.8. The zero-order valence-corrected chi connectivity index (χ0v) is 17.7. The Balaban J connectivity index is 1.55. The molecule has 0 unspecified atom stereocenters. The molecular formula is C25H27NO4. The molecule has 156 valence electrons. The molecule has 0 aliphatic carbocycles. The van der Waals surface area contributed by atoms with Gasteiger partial charge in [-0.2, -0.15) is 0 Å². The maximum absolute atomic E-state index is 13.3. The highest BCUT2D eigenvalue weighted by atomic mass is 16.6. The average Bonchev–Trinajstić information content (AvgIpc) is 2.81. The third kappa shape index (κ3) is 3.92. The number of rotatable bonds is 6. The van der Waals surface area contributed by atoms with E-state index in [1.54, 1.807) is 7.11 Å².